The first kappa shape index (κ1) is 36.4. The van der Waals surface area contributed by atoms with E-state index in [1.165, 1.54) is 12.1 Å². The number of esters is 1. The van der Waals surface area contributed by atoms with Crippen molar-refractivity contribution in [3.8, 4) is 11.1 Å². The lowest BCUT2D eigenvalue weighted by Gasteiger charge is -2.31. The van der Waals surface area contributed by atoms with Crippen LogP contribution in [0.15, 0.2) is 103 Å². The van der Waals surface area contributed by atoms with E-state index in [-0.39, 0.29) is 12.0 Å². The van der Waals surface area contributed by atoms with Crippen molar-refractivity contribution in [3.05, 3.63) is 125 Å². The third kappa shape index (κ3) is 9.13. The van der Waals surface area contributed by atoms with E-state index < -0.39 is 47.5 Å². The minimum Gasteiger partial charge on any atom is -0.463 e. The zero-order valence-electron chi connectivity index (χ0n) is 27.2. The van der Waals surface area contributed by atoms with Gasteiger partial charge in [-0.05, 0) is 65.4 Å². The van der Waals surface area contributed by atoms with E-state index in [0.717, 1.165) is 12.1 Å². The highest BCUT2D eigenvalue weighted by Gasteiger charge is 2.48. The Kier molecular flexibility index (Phi) is 12.3. The van der Waals surface area contributed by atoms with Crippen molar-refractivity contribution in [2.75, 3.05) is 25.0 Å². The normalized spacial score (nSPS) is 11.4. The number of carbonyl (C=O) groups excluding carboxylic acids is 4. The van der Waals surface area contributed by atoms with Crippen LogP contribution in [0.5, 0.6) is 0 Å². The Morgan fingerprint density at radius 1 is 0.673 bits per heavy atom. The molecular formula is C38H38F3N3O5. The highest BCUT2D eigenvalue weighted by Crippen LogP contribution is 2.32. The molecule has 0 radical (unpaired) electrons. The number of ether oxygens (including phenoxy) is 1. The van der Waals surface area contributed by atoms with Crippen LogP contribution in [0.3, 0.4) is 0 Å². The summed E-state index contributed by atoms with van der Waals surface area (Å²) >= 11 is 0. The summed E-state index contributed by atoms with van der Waals surface area (Å²) in [4.78, 5) is 53.3. The number of amides is 3. The maximum absolute atomic E-state index is 13.5. The van der Waals surface area contributed by atoms with Gasteiger partial charge in [0.15, 0.2) is 5.41 Å². The van der Waals surface area contributed by atoms with Crippen molar-refractivity contribution in [2.24, 2.45) is 0 Å². The third-order valence-corrected chi connectivity index (χ3v) is 7.82. The average Bonchev–Trinajstić information content (AvgIpc) is 3.11. The van der Waals surface area contributed by atoms with E-state index in [0.29, 0.717) is 53.9 Å². The smallest absolute Gasteiger partial charge is 0.416 e. The van der Waals surface area contributed by atoms with Gasteiger partial charge in [0.2, 0.25) is 11.8 Å². The first-order valence-corrected chi connectivity index (χ1v) is 15.9. The largest absolute Gasteiger partial charge is 0.463 e. The van der Waals surface area contributed by atoms with Crippen molar-refractivity contribution < 1.29 is 37.1 Å². The van der Waals surface area contributed by atoms with Gasteiger partial charge in [0.1, 0.15) is 6.61 Å². The lowest BCUT2D eigenvalue weighted by atomic mass is 9.79. The summed E-state index contributed by atoms with van der Waals surface area (Å²) in [7, 11) is 0. The molecule has 8 nitrogen and oxygen atoms in total. The first-order valence-electron chi connectivity index (χ1n) is 15.9. The number of anilines is 1. The summed E-state index contributed by atoms with van der Waals surface area (Å²) in [6, 6.07) is 26.1. The molecule has 0 unspecified atom stereocenters. The van der Waals surface area contributed by atoms with Gasteiger partial charge in [-0.1, -0.05) is 86.6 Å². The van der Waals surface area contributed by atoms with Gasteiger partial charge < -0.3 is 20.7 Å². The standard InChI is InChI=1S/C38H38F3N3O5/c1-3-22-42-35(47)37(36(48)43-23-4-2,28-10-6-5-7-11-28)25-49-33(45)24-26-14-20-30(21-15-26)44-34(46)32-13-9-8-12-31(32)27-16-18-29(19-17-27)38(39,40)41/h5-21H,3-4,22-25H2,1-2H3,(H,42,47)(H,43,48)(H,44,46). The van der Waals surface area contributed by atoms with Crippen molar-refractivity contribution in [2.45, 2.75) is 44.7 Å². The molecule has 0 heterocycles. The van der Waals surface area contributed by atoms with Crippen LogP contribution in [0, 0.1) is 0 Å². The van der Waals surface area contributed by atoms with Crippen molar-refractivity contribution in [3.63, 3.8) is 0 Å². The van der Waals surface area contributed by atoms with Gasteiger partial charge in [-0.15, -0.1) is 0 Å². The van der Waals surface area contributed by atoms with E-state index >= 15 is 0 Å². The molecule has 0 aliphatic rings. The molecule has 0 fully saturated rings. The number of halogens is 3. The first-order chi connectivity index (χ1) is 23.5. The molecule has 11 heteroatoms. The summed E-state index contributed by atoms with van der Waals surface area (Å²) in [6.07, 6.45) is -3.34. The number of nitrogens with one attached hydrogen (secondary N) is 3. The zero-order valence-corrected chi connectivity index (χ0v) is 27.2. The average molecular weight is 674 g/mol. The third-order valence-electron chi connectivity index (χ3n) is 7.82. The molecule has 4 rings (SSSR count). The van der Waals surface area contributed by atoms with Gasteiger partial charge >= 0.3 is 12.1 Å². The summed E-state index contributed by atoms with van der Waals surface area (Å²) in [5.74, 6) is -2.26. The van der Waals surface area contributed by atoms with E-state index in [9.17, 15) is 32.3 Å². The zero-order chi connectivity index (χ0) is 35.4. The van der Waals surface area contributed by atoms with E-state index in [2.05, 4.69) is 16.0 Å². The van der Waals surface area contributed by atoms with Crippen molar-refractivity contribution >= 4 is 29.4 Å². The fourth-order valence-corrected chi connectivity index (χ4v) is 5.16. The van der Waals surface area contributed by atoms with Crippen LogP contribution >= 0.6 is 0 Å². The maximum Gasteiger partial charge on any atom is 0.416 e. The Labute approximate surface area is 283 Å². The molecule has 0 aliphatic heterocycles. The molecule has 4 aromatic carbocycles. The van der Waals surface area contributed by atoms with Gasteiger partial charge in [-0.2, -0.15) is 13.2 Å². The number of alkyl halides is 3. The minimum atomic E-state index is -4.47. The predicted molar refractivity (Wildman–Crippen MR) is 181 cm³/mol. The van der Waals surface area contributed by atoms with E-state index in [4.69, 9.17) is 4.74 Å². The molecular weight excluding hydrogens is 635 g/mol. The van der Waals surface area contributed by atoms with Gasteiger partial charge in [-0.3, -0.25) is 19.2 Å². The second-order valence-corrected chi connectivity index (χ2v) is 11.4. The summed E-state index contributed by atoms with van der Waals surface area (Å²) in [5, 5.41) is 8.36. The number of hydrogen-bond donors (Lipinski definition) is 3. The Bertz CT molecular complexity index is 1720. The van der Waals surface area contributed by atoms with Crippen molar-refractivity contribution in [1.29, 1.82) is 0 Å². The molecule has 0 saturated heterocycles. The fourth-order valence-electron chi connectivity index (χ4n) is 5.16. The second kappa shape index (κ2) is 16.6. The molecule has 0 aromatic heterocycles. The molecule has 0 atom stereocenters. The van der Waals surface area contributed by atoms with Gasteiger partial charge in [0.25, 0.3) is 5.91 Å². The maximum atomic E-state index is 13.5. The highest BCUT2D eigenvalue weighted by atomic mass is 19.4. The molecule has 0 aliphatic carbocycles. The van der Waals surface area contributed by atoms with Gasteiger partial charge in [0.05, 0.1) is 12.0 Å². The van der Waals surface area contributed by atoms with Crippen LogP contribution in [0.2, 0.25) is 0 Å². The quantitative estimate of drug-likeness (QED) is 0.102. The van der Waals surface area contributed by atoms with Gasteiger partial charge in [0, 0.05) is 24.3 Å². The number of hydrogen-bond acceptors (Lipinski definition) is 5. The molecule has 256 valence electrons. The minimum absolute atomic E-state index is 0.164. The molecule has 3 amide bonds. The topological polar surface area (TPSA) is 114 Å². The van der Waals surface area contributed by atoms with Crippen LogP contribution in [0.1, 0.15) is 53.7 Å². The van der Waals surface area contributed by atoms with Crippen LogP contribution in [-0.2, 0) is 37.1 Å². The molecule has 4 aromatic rings. The summed E-state index contributed by atoms with van der Waals surface area (Å²) < 4.78 is 44.7. The lowest BCUT2D eigenvalue weighted by Crippen LogP contribution is -2.58. The Balaban J connectivity index is 1.45. The number of rotatable bonds is 14. The summed E-state index contributed by atoms with van der Waals surface area (Å²) in [6.45, 7) is 3.95. The Hall–Kier alpha value is -5.45. The van der Waals surface area contributed by atoms with E-state index in [1.54, 1.807) is 78.9 Å². The molecule has 0 bridgehead atoms. The van der Waals surface area contributed by atoms with Crippen LogP contribution in [-0.4, -0.2) is 43.4 Å². The van der Waals surface area contributed by atoms with Gasteiger partial charge in [-0.25, -0.2) is 0 Å². The number of carbonyl (C=O) groups is 4. The Morgan fingerprint density at radius 2 is 1.24 bits per heavy atom. The fraction of sp³-hybridized carbons (Fsp3) is 0.263. The lowest BCUT2D eigenvalue weighted by molar-refractivity contribution is -0.150. The predicted octanol–water partition coefficient (Wildman–Crippen LogP) is 6.70. The van der Waals surface area contributed by atoms with Crippen molar-refractivity contribution in [1.82, 2.24) is 10.6 Å². The van der Waals surface area contributed by atoms with E-state index in [1.807, 2.05) is 13.8 Å². The molecule has 0 spiro atoms. The number of benzene rings is 4. The highest BCUT2D eigenvalue weighted by molar-refractivity contribution is 6.11. The SMILES string of the molecule is CCCNC(=O)C(COC(=O)Cc1ccc(NC(=O)c2ccccc2-c2ccc(C(F)(F)F)cc2)cc1)(C(=O)NCCC)c1ccccc1. The Morgan fingerprint density at radius 3 is 1.82 bits per heavy atom. The van der Waals surface area contributed by atoms with Crippen LogP contribution < -0.4 is 16.0 Å². The molecule has 49 heavy (non-hydrogen) atoms. The summed E-state index contributed by atoms with van der Waals surface area (Å²) in [5.41, 5.74) is -0.0233. The molecule has 3 N–H and O–H groups in total. The van der Waals surface area contributed by atoms with Crippen LogP contribution in [0.25, 0.3) is 11.1 Å². The molecule has 0 saturated carbocycles. The second-order valence-electron chi connectivity index (χ2n) is 11.4. The monoisotopic (exact) mass is 673 g/mol. The van der Waals surface area contributed by atoms with Crippen LogP contribution in [0.4, 0.5) is 18.9 Å².